The van der Waals surface area contributed by atoms with Gasteiger partial charge in [-0.1, -0.05) is 0 Å². The summed E-state index contributed by atoms with van der Waals surface area (Å²) in [4.78, 5) is 22.3. The molecule has 0 amide bonds. The van der Waals surface area contributed by atoms with Gasteiger partial charge in [0, 0.05) is 0 Å². The van der Waals surface area contributed by atoms with Gasteiger partial charge < -0.3 is 9.84 Å². The number of carboxylic acids is 1. The maximum Gasteiger partial charge on any atom is 0.573 e. The molecule has 0 unspecified atom stereocenters. The van der Waals surface area contributed by atoms with Crippen molar-refractivity contribution in [2.24, 2.45) is 0 Å². The monoisotopic (exact) mass is 270 g/mol. The van der Waals surface area contributed by atoms with E-state index in [0.717, 1.165) is 0 Å². The highest BCUT2D eigenvalue weighted by atomic mass is 19.4. The summed E-state index contributed by atoms with van der Waals surface area (Å²) >= 11 is 0. The average Bonchev–Trinajstić information content (AvgIpc) is 2.17. The van der Waals surface area contributed by atoms with Crippen molar-refractivity contribution >= 4 is 11.7 Å². The molecule has 1 aromatic heterocycles. The predicted octanol–water partition coefficient (Wildman–Crippen LogP) is 1.73. The molecule has 1 aromatic rings. The molecule has 0 aliphatic carbocycles. The summed E-state index contributed by atoms with van der Waals surface area (Å²) in [6.45, 7) is 0. The SMILES string of the molecule is O=C(O)c1c([N+](=O)[O-])cnc(F)c1OC(F)(F)F. The molecule has 7 nitrogen and oxygen atoms in total. The first-order chi connectivity index (χ1) is 8.13. The van der Waals surface area contributed by atoms with Gasteiger partial charge in [-0.05, 0) is 0 Å². The van der Waals surface area contributed by atoms with Crippen molar-refractivity contribution in [3.05, 3.63) is 27.8 Å². The van der Waals surface area contributed by atoms with Crippen LogP contribution in [0.25, 0.3) is 0 Å². The molecular weight excluding hydrogens is 268 g/mol. The lowest BCUT2D eigenvalue weighted by Crippen LogP contribution is -2.21. The topological polar surface area (TPSA) is 103 Å². The van der Waals surface area contributed by atoms with E-state index in [2.05, 4.69) is 9.72 Å². The molecule has 0 spiro atoms. The summed E-state index contributed by atoms with van der Waals surface area (Å²) in [5, 5.41) is 19.0. The normalized spacial score (nSPS) is 11.1. The van der Waals surface area contributed by atoms with Gasteiger partial charge in [-0.3, -0.25) is 10.1 Å². The van der Waals surface area contributed by atoms with E-state index in [1.807, 2.05) is 0 Å². The molecule has 0 aliphatic rings. The fraction of sp³-hybridized carbons (Fsp3) is 0.143. The van der Waals surface area contributed by atoms with Crippen molar-refractivity contribution in [2.45, 2.75) is 6.36 Å². The molecule has 1 rings (SSSR count). The van der Waals surface area contributed by atoms with Crippen molar-refractivity contribution < 1.29 is 37.1 Å². The number of nitrogens with zero attached hydrogens (tertiary/aromatic N) is 2. The van der Waals surface area contributed by atoms with Crippen LogP contribution < -0.4 is 4.74 Å². The number of carbonyl (C=O) groups is 1. The number of nitro groups is 1. The van der Waals surface area contributed by atoms with Gasteiger partial charge in [-0.2, -0.15) is 4.39 Å². The van der Waals surface area contributed by atoms with E-state index in [-0.39, 0.29) is 6.20 Å². The summed E-state index contributed by atoms with van der Waals surface area (Å²) in [5.74, 6) is -5.93. The van der Waals surface area contributed by atoms with Crippen molar-refractivity contribution in [1.82, 2.24) is 4.98 Å². The average molecular weight is 270 g/mol. The summed E-state index contributed by atoms with van der Waals surface area (Å²) in [5.41, 5.74) is -2.88. The summed E-state index contributed by atoms with van der Waals surface area (Å²) in [6, 6.07) is 0. The predicted molar refractivity (Wildman–Crippen MR) is 44.5 cm³/mol. The summed E-state index contributed by atoms with van der Waals surface area (Å²) in [7, 11) is 0. The molecule has 0 fully saturated rings. The number of hydrogen-bond acceptors (Lipinski definition) is 5. The summed E-state index contributed by atoms with van der Waals surface area (Å²) < 4.78 is 51.8. The van der Waals surface area contributed by atoms with Crippen LogP contribution in [0.3, 0.4) is 0 Å². The smallest absolute Gasteiger partial charge is 0.477 e. The minimum atomic E-state index is -5.41. The van der Waals surface area contributed by atoms with Crippen LogP contribution in [-0.2, 0) is 0 Å². The third kappa shape index (κ3) is 2.81. The Morgan fingerprint density at radius 2 is 2.06 bits per heavy atom. The number of rotatable bonds is 3. The number of ether oxygens (including phenoxy) is 1. The Morgan fingerprint density at radius 3 is 2.44 bits per heavy atom. The highest BCUT2D eigenvalue weighted by Crippen LogP contribution is 2.33. The van der Waals surface area contributed by atoms with Gasteiger partial charge in [0.15, 0.2) is 5.56 Å². The number of aromatic carboxylic acids is 1. The Balaban J connectivity index is 3.51. The molecule has 0 radical (unpaired) electrons. The second kappa shape index (κ2) is 4.43. The van der Waals surface area contributed by atoms with Gasteiger partial charge in [-0.15, -0.1) is 13.2 Å². The first kappa shape index (κ1) is 13.6. The number of pyridine rings is 1. The summed E-state index contributed by atoms with van der Waals surface area (Å²) in [6.07, 6.45) is -5.23. The van der Waals surface area contributed by atoms with Crippen molar-refractivity contribution in [2.75, 3.05) is 0 Å². The van der Waals surface area contributed by atoms with Gasteiger partial charge >= 0.3 is 18.0 Å². The first-order valence-corrected chi connectivity index (χ1v) is 3.95. The zero-order valence-corrected chi connectivity index (χ0v) is 8.06. The zero-order chi connectivity index (χ0) is 14.1. The molecule has 1 N–H and O–H groups in total. The maximum absolute atomic E-state index is 13.0. The van der Waals surface area contributed by atoms with E-state index in [4.69, 9.17) is 5.11 Å². The van der Waals surface area contributed by atoms with Crippen LogP contribution in [0.5, 0.6) is 5.75 Å². The van der Waals surface area contributed by atoms with E-state index in [0.29, 0.717) is 0 Å². The van der Waals surface area contributed by atoms with Crippen LogP contribution in [0.1, 0.15) is 10.4 Å². The third-order valence-electron chi connectivity index (χ3n) is 1.60. The van der Waals surface area contributed by atoms with Gasteiger partial charge in [0.25, 0.3) is 5.95 Å². The first-order valence-electron chi connectivity index (χ1n) is 3.95. The third-order valence-corrected chi connectivity index (χ3v) is 1.60. The van der Waals surface area contributed by atoms with Crippen LogP contribution in [0.2, 0.25) is 0 Å². The molecular formula is C7H2F4N2O5. The van der Waals surface area contributed by atoms with Crippen molar-refractivity contribution in [3.8, 4) is 5.75 Å². The van der Waals surface area contributed by atoms with E-state index in [1.165, 1.54) is 0 Å². The Kier molecular flexibility index (Phi) is 3.35. The van der Waals surface area contributed by atoms with Gasteiger partial charge in [0.2, 0.25) is 5.75 Å². The second-order valence-corrected chi connectivity index (χ2v) is 2.75. The molecule has 18 heavy (non-hydrogen) atoms. The van der Waals surface area contributed by atoms with Crippen molar-refractivity contribution in [3.63, 3.8) is 0 Å². The Labute approximate surface area is 94.8 Å². The quantitative estimate of drug-likeness (QED) is 0.388. The van der Waals surface area contributed by atoms with Crippen LogP contribution in [0.15, 0.2) is 6.20 Å². The van der Waals surface area contributed by atoms with Gasteiger partial charge in [-0.25, -0.2) is 9.78 Å². The molecule has 98 valence electrons. The lowest BCUT2D eigenvalue weighted by molar-refractivity contribution is -0.385. The fourth-order valence-corrected chi connectivity index (χ4v) is 1.01. The Morgan fingerprint density at radius 1 is 1.50 bits per heavy atom. The van der Waals surface area contributed by atoms with E-state index in [9.17, 15) is 32.5 Å². The largest absolute Gasteiger partial charge is 0.573 e. The molecule has 11 heteroatoms. The standard InChI is InChI=1S/C7H2F4N2O5/c8-5-4(18-7(9,10)11)3(6(14)15)2(1-12-5)13(16)17/h1H,(H,14,15). The minimum absolute atomic E-state index is 0.183. The molecule has 0 atom stereocenters. The highest BCUT2D eigenvalue weighted by Gasteiger charge is 2.38. The van der Waals surface area contributed by atoms with Gasteiger partial charge in [0.05, 0.1) is 4.92 Å². The van der Waals surface area contributed by atoms with Crippen molar-refractivity contribution in [1.29, 1.82) is 0 Å². The number of carboxylic acid groups (broad SMARTS) is 1. The van der Waals surface area contributed by atoms with Crippen LogP contribution >= 0.6 is 0 Å². The number of aromatic nitrogens is 1. The van der Waals surface area contributed by atoms with Crippen LogP contribution in [0, 0.1) is 16.1 Å². The number of alkyl halides is 3. The van der Waals surface area contributed by atoms with Gasteiger partial charge in [0.1, 0.15) is 6.20 Å². The Bertz CT molecular complexity index is 515. The van der Waals surface area contributed by atoms with Crippen LogP contribution in [-0.4, -0.2) is 27.3 Å². The zero-order valence-electron chi connectivity index (χ0n) is 8.06. The van der Waals surface area contributed by atoms with Crippen LogP contribution in [0.4, 0.5) is 23.2 Å². The molecule has 0 aromatic carbocycles. The van der Waals surface area contributed by atoms with E-state index < -0.39 is 40.2 Å². The molecule has 0 saturated heterocycles. The molecule has 0 bridgehead atoms. The minimum Gasteiger partial charge on any atom is -0.477 e. The molecule has 0 saturated carbocycles. The van der Waals surface area contributed by atoms with E-state index in [1.54, 1.807) is 0 Å². The lowest BCUT2D eigenvalue weighted by atomic mass is 10.2. The Hall–Kier alpha value is -2.46. The maximum atomic E-state index is 13.0. The number of halogens is 4. The lowest BCUT2D eigenvalue weighted by Gasteiger charge is -2.11. The molecule has 0 aliphatic heterocycles. The molecule has 1 heterocycles. The highest BCUT2D eigenvalue weighted by molar-refractivity contribution is 5.95. The fourth-order valence-electron chi connectivity index (χ4n) is 1.01. The van der Waals surface area contributed by atoms with E-state index >= 15 is 0 Å². The number of hydrogen-bond donors (Lipinski definition) is 1. The second-order valence-electron chi connectivity index (χ2n) is 2.75.